The average Bonchev–Trinajstić information content (AvgIpc) is 2.84. The number of benzene rings is 1. The summed E-state index contributed by atoms with van der Waals surface area (Å²) in [4.78, 5) is 28.6. The maximum absolute atomic E-state index is 14.7. The van der Waals surface area contributed by atoms with Gasteiger partial charge in [-0.15, -0.1) is 0 Å². The lowest BCUT2D eigenvalue weighted by Crippen LogP contribution is -2.40. The van der Waals surface area contributed by atoms with E-state index in [0.29, 0.717) is 0 Å². The topological polar surface area (TPSA) is 93.2 Å². The first kappa shape index (κ1) is 34.8. The van der Waals surface area contributed by atoms with Crippen LogP contribution in [-0.4, -0.2) is 56.0 Å². The lowest BCUT2D eigenvalue weighted by atomic mass is 9.74. The second kappa shape index (κ2) is 13.3. The fraction of sp³-hybridized carbons (Fsp3) is 0.444. The predicted molar refractivity (Wildman–Crippen MR) is 138 cm³/mol. The van der Waals surface area contributed by atoms with Crippen LogP contribution < -0.4 is 5.32 Å². The predicted octanol–water partition coefficient (Wildman–Crippen LogP) is 5.93. The van der Waals surface area contributed by atoms with Crippen molar-refractivity contribution in [1.82, 2.24) is 10.3 Å². The molecule has 0 aliphatic rings. The molecule has 0 unspecified atom stereocenters. The smallest absolute Gasteiger partial charge is 0.351 e. The second-order valence-electron chi connectivity index (χ2n) is 9.96. The molecule has 0 aliphatic carbocycles. The number of hydrogen-bond donors (Lipinski definition) is 1. The molecule has 1 aromatic heterocycles. The Balaban J connectivity index is 2.65. The van der Waals surface area contributed by atoms with E-state index in [0.717, 1.165) is 62.7 Å². The van der Waals surface area contributed by atoms with Crippen LogP contribution in [0.1, 0.15) is 55.5 Å². The average molecular weight is 629 g/mol. The SMILES string of the molecule is CC(=O)/C(CNC(=O)CS(C)(=O)=O)=C(\C[C@](C)(c1ccc(CCC(F)(F)F)cc1)C(F)(F)F)c1ccc(C(F)F)cn1. The van der Waals surface area contributed by atoms with Crippen LogP contribution in [0.3, 0.4) is 0 Å². The molecule has 6 nitrogen and oxygen atoms in total. The zero-order chi connectivity index (χ0) is 32.1. The molecule has 1 atom stereocenters. The highest BCUT2D eigenvalue weighted by Crippen LogP contribution is 2.47. The first-order valence-corrected chi connectivity index (χ1v) is 14.3. The molecule has 1 amide bonds. The monoisotopic (exact) mass is 628 g/mol. The minimum atomic E-state index is -5.00. The van der Waals surface area contributed by atoms with Gasteiger partial charge < -0.3 is 5.32 Å². The Labute approximate surface area is 237 Å². The van der Waals surface area contributed by atoms with Crippen LogP contribution in [0.25, 0.3) is 5.57 Å². The van der Waals surface area contributed by atoms with Gasteiger partial charge in [-0.25, -0.2) is 17.2 Å². The van der Waals surface area contributed by atoms with Gasteiger partial charge >= 0.3 is 12.4 Å². The largest absolute Gasteiger partial charge is 0.398 e. The number of nitrogens with zero attached hydrogens (tertiary/aromatic N) is 1. The maximum Gasteiger partial charge on any atom is 0.398 e. The molecule has 0 fully saturated rings. The fourth-order valence-electron chi connectivity index (χ4n) is 4.03. The minimum absolute atomic E-state index is 0.138. The molecule has 0 saturated carbocycles. The van der Waals surface area contributed by atoms with Crippen LogP contribution in [0.2, 0.25) is 0 Å². The number of Topliss-reactive ketones (excluding diaryl/α,β-unsaturated/α-hetero) is 1. The van der Waals surface area contributed by atoms with Gasteiger partial charge in [0.2, 0.25) is 5.91 Å². The van der Waals surface area contributed by atoms with Crippen LogP contribution in [0.5, 0.6) is 0 Å². The Kier molecular flexibility index (Phi) is 11.0. The Hall–Kier alpha value is -3.36. The molecule has 0 spiro atoms. The van der Waals surface area contributed by atoms with Gasteiger partial charge in [-0.2, -0.15) is 26.3 Å². The Morgan fingerprint density at radius 1 is 0.976 bits per heavy atom. The summed E-state index contributed by atoms with van der Waals surface area (Å²) in [5, 5.41) is 2.18. The number of allylic oxidation sites excluding steroid dienone is 1. The van der Waals surface area contributed by atoms with E-state index in [1.807, 2.05) is 0 Å². The molecular weight excluding hydrogens is 600 g/mol. The highest BCUT2D eigenvalue weighted by atomic mass is 32.2. The van der Waals surface area contributed by atoms with Gasteiger partial charge in [0, 0.05) is 36.6 Å². The molecule has 2 aromatic rings. The van der Waals surface area contributed by atoms with Gasteiger partial charge in [0.1, 0.15) is 5.75 Å². The number of carbonyl (C=O) groups is 2. The maximum atomic E-state index is 14.7. The van der Waals surface area contributed by atoms with Crippen molar-refractivity contribution in [3.63, 3.8) is 0 Å². The summed E-state index contributed by atoms with van der Waals surface area (Å²) in [6.07, 6.45) is -13.5. The third-order valence-corrected chi connectivity index (χ3v) is 7.22. The summed E-state index contributed by atoms with van der Waals surface area (Å²) in [7, 11) is -3.78. The molecule has 2 rings (SSSR count). The van der Waals surface area contributed by atoms with E-state index in [1.54, 1.807) is 0 Å². The van der Waals surface area contributed by atoms with E-state index in [1.165, 1.54) is 0 Å². The van der Waals surface area contributed by atoms with Crippen molar-refractivity contribution >= 4 is 27.1 Å². The summed E-state index contributed by atoms with van der Waals surface area (Å²) in [6, 6.07) is 6.20. The molecule has 232 valence electrons. The normalized spacial score (nSPS) is 14.8. The molecule has 1 N–H and O–H groups in total. The van der Waals surface area contributed by atoms with Gasteiger partial charge in [0.25, 0.3) is 6.43 Å². The van der Waals surface area contributed by atoms with Gasteiger partial charge in [0.05, 0.1) is 11.1 Å². The van der Waals surface area contributed by atoms with Crippen molar-refractivity contribution in [3.05, 3.63) is 70.6 Å². The summed E-state index contributed by atoms with van der Waals surface area (Å²) in [6.45, 7) is 1.10. The number of aryl methyl sites for hydroxylation is 1. The Morgan fingerprint density at radius 2 is 1.57 bits per heavy atom. The highest BCUT2D eigenvalue weighted by Gasteiger charge is 2.53. The summed E-state index contributed by atoms with van der Waals surface area (Å²) in [5.74, 6) is -2.81. The molecule has 0 aliphatic heterocycles. The zero-order valence-corrected chi connectivity index (χ0v) is 23.5. The summed E-state index contributed by atoms with van der Waals surface area (Å²) < 4.78 is 131. The third kappa shape index (κ3) is 9.88. The number of nitrogens with one attached hydrogen (secondary N) is 1. The molecule has 0 saturated heterocycles. The number of ketones is 1. The number of alkyl halides is 8. The first-order valence-electron chi connectivity index (χ1n) is 12.3. The van der Waals surface area contributed by atoms with E-state index in [-0.39, 0.29) is 28.0 Å². The zero-order valence-electron chi connectivity index (χ0n) is 22.7. The number of hydrogen-bond acceptors (Lipinski definition) is 5. The van der Waals surface area contributed by atoms with E-state index in [9.17, 15) is 53.1 Å². The lowest BCUT2D eigenvalue weighted by Gasteiger charge is -2.34. The van der Waals surface area contributed by atoms with Crippen molar-refractivity contribution in [2.75, 3.05) is 18.6 Å². The number of rotatable bonds is 12. The van der Waals surface area contributed by atoms with Crippen LogP contribution in [0.4, 0.5) is 35.1 Å². The van der Waals surface area contributed by atoms with Crippen molar-refractivity contribution in [3.8, 4) is 0 Å². The van der Waals surface area contributed by atoms with Crippen molar-refractivity contribution < 1.29 is 53.1 Å². The molecule has 42 heavy (non-hydrogen) atoms. The van der Waals surface area contributed by atoms with Gasteiger partial charge in [-0.3, -0.25) is 14.6 Å². The van der Waals surface area contributed by atoms with Crippen molar-refractivity contribution in [2.24, 2.45) is 0 Å². The van der Waals surface area contributed by atoms with Gasteiger partial charge in [0.15, 0.2) is 15.6 Å². The van der Waals surface area contributed by atoms with Crippen molar-refractivity contribution in [2.45, 2.75) is 57.3 Å². The molecular formula is C27H28F8N2O4S. The Bertz CT molecular complexity index is 1400. The molecule has 15 heteroatoms. The number of pyridine rings is 1. The van der Waals surface area contributed by atoms with Crippen molar-refractivity contribution in [1.29, 1.82) is 0 Å². The summed E-state index contributed by atoms with van der Waals surface area (Å²) in [5.41, 5.74) is -4.56. The minimum Gasteiger partial charge on any atom is -0.351 e. The quantitative estimate of drug-likeness (QED) is 0.233. The molecule has 0 bridgehead atoms. The molecule has 1 heterocycles. The van der Waals surface area contributed by atoms with E-state index in [2.05, 4.69) is 10.3 Å². The van der Waals surface area contributed by atoms with E-state index in [4.69, 9.17) is 0 Å². The molecule has 0 radical (unpaired) electrons. The second-order valence-corrected chi connectivity index (χ2v) is 12.1. The third-order valence-electron chi connectivity index (χ3n) is 6.44. The van der Waals surface area contributed by atoms with Gasteiger partial charge in [-0.05, 0) is 55.5 Å². The van der Waals surface area contributed by atoms with Crippen LogP contribution in [-0.2, 0) is 31.3 Å². The number of sulfone groups is 1. The number of carbonyl (C=O) groups excluding carboxylic acids is 2. The number of aromatic nitrogens is 1. The standard InChI is InChI=1S/C27H28F8N2O4S/c1-16(38)21(14-37-23(39)15-42(3,40)41)20(22-9-6-18(13-36-22)24(28)29)12-25(2,27(33,34)35)19-7-4-17(5-8-19)10-11-26(30,31)32/h4-9,13,24H,10-12,14-15H2,1-3H3,(H,37,39)/b21-20+/t25-/m1/s1. The van der Waals surface area contributed by atoms with E-state index >= 15 is 0 Å². The van der Waals surface area contributed by atoms with E-state index < -0.39 is 82.8 Å². The Morgan fingerprint density at radius 3 is 2.00 bits per heavy atom. The fourth-order valence-corrected chi connectivity index (χ4v) is 4.61. The van der Waals surface area contributed by atoms with Crippen LogP contribution in [0, 0.1) is 0 Å². The number of amides is 1. The highest BCUT2D eigenvalue weighted by molar-refractivity contribution is 7.91. The van der Waals surface area contributed by atoms with Crippen LogP contribution >= 0.6 is 0 Å². The molecule has 1 aromatic carbocycles. The van der Waals surface area contributed by atoms with Gasteiger partial charge in [-0.1, -0.05) is 24.3 Å². The number of halogens is 8. The van der Waals surface area contributed by atoms with Crippen LogP contribution in [0.15, 0.2) is 48.2 Å². The lowest BCUT2D eigenvalue weighted by molar-refractivity contribution is -0.184. The first-order chi connectivity index (χ1) is 19.1. The summed E-state index contributed by atoms with van der Waals surface area (Å²) >= 11 is 0.